The number of primary amides is 1. The number of aliphatic hydroxyl groups is 1. The lowest BCUT2D eigenvalue weighted by atomic mass is 10.2. The third kappa shape index (κ3) is 5.77. The van der Waals surface area contributed by atoms with E-state index in [1.54, 1.807) is 48.5 Å². The fourth-order valence-electron chi connectivity index (χ4n) is 3.27. The van der Waals surface area contributed by atoms with Crippen LogP contribution in [0.4, 0.5) is 11.6 Å². The molecule has 0 spiro atoms. The van der Waals surface area contributed by atoms with E-state index in [4.69, 9.17) is 22.1 Å². The zero-order valence-electron chi connectivity index (χ0n) is 18.8. The van der Waals surface area contributed by atoms with Gasteiger partial charge in [-0.05, 0) is 48.0 Å². The summed E-state index contributed by atoms with van der Waals surface area (Å²) >= 11 is 5.96. The van der Waals surface area contributed by atoms with Gasteiger partial charge in [-0.3, -0.25) is 9.36 Å². The van der Waals surface area contributed by atoms with E-state index >= 15 is 0 Å². The second-order valence-corrected chi connectivity index (χ2v) is 8.03. The lowest BCUT2D eigenvalue weighted by Gasteiger charge is -2.15. The number of nitrogens with one attached hydrogen (secondary N) is 1. The van der Waals surface area contributed by atoms with Gasteiger partial charge in [-0.1, -0.05) is 23.7 Å². The Morgan fingerprint density at radius 1 is 1.03 bits per heavy atom. The summed E-state index contributed by atoms with van der Waals surface area (Å²) < 4.78 is 7.83. The molecule has 0 bridgehead atoms. The third-order valence-electron chi connectivity index (χ3n) is 5.08. The predicted octanol–water partition coefficient (Wildman–Crippen LogP) is 2.13. The second-order valence-electron chi connectivity index (χ2n) is 7.59. The molecule has 184 valence electrons. The first kappa shape index (κ1) is 24.6. The molecule has 4 aromatic rings. The molecular formula is C24H21ClN6O5. The van der Waals surface area contributed by atoms with Gasteiger partial charge >= 0.3 is 11.4 Å². The Kier molecular flexibility index (Phi) is 7.42. The Morgan fingerprint density at radius 3 is 2.36 bits per heavy atom. The van der Waals surface area contributed by atoms with E-state index in [9.17, 15) is 19.5 Å². The van der Waals surface area contributed by atoms with Crippen LogP contribution in [0.2, 0.25) is 5.02 Å². The first-order valence-corrected chi connectivity index (χ1v) is 11.1. The SMILES string of the molecule is NC(=O)c1ccc(Oc2ccc(Nc3nc(=O)n(CCO)c(=O)n3Cc3ccc(Cl)cc3)cc2)nc1. The predicted molar refractivity (Wildman–Crippen MR) is 133 cm³/mol. The van der Waals surface area contributed by atoms with Gasteiger partial charge in [0.15, 0.2) is 0 Å². The van der Waals surface area contributed by atoms with Crippen LogP contribution in [0, 0.1) is 0 Å². The topological polar surface area (TPSA) is 154 Å². The van der Waals surface area contributed by atoms with Crippen LogP contribution in [0.15, 0.2) is 76.4 Å². The van der Waals surface area contributed by atoms with Crippen LogP contribution < -0.4 is 27.2 Å². The molecule has 4 rings (SSSR count). The van der Waals surface area contributed by atoms with Gasteiger partial charge in [0.05, 0.1) is 25.3 Å². The van der Waals surface area contributed by atoms with E-state index in [0.717, 1.165) is 10.1 Å². The fraction of sp³-hybridized carbons (Fsp3) is 0.125. The van der Waals surface area contributed by atoms with E-state index in [1.165, 1.54) is 22.9 Å². The number of anilines is 2. The molecule has 36 heavy (non-hydrogen) atoms. The van der Waals surface area contributed by atoms with Gasteiger partial charge in [0.2, 0.25) is 17.7 Å². The highest BCUT2D eigenvalue weighted by atomic mass is 35.5. The summed E-state index contributed by atoms with van der Waals surface area (Å²) in [5, 5.41) is 12.8. The number of nitrogens with two attached hydrogens (primary N) is 1. The van der Waals surface area contributed by atoms with Gasteiger partial charge in [0.1, 0.15) is 5.75 Å². The number of benzene rings is 2. The average Bonchev–Trinajstić information content (AvgIpc) is 2.87. The summed E-state index contributed by atoms with van der Waals surface area (Å²) in [5.74, 6) is 0.180. The van der Waals surface area contributed by atoms with Crippen molar-refractivity contribution in [3.05, 3.63) is 104 Å². The molecule has 1 amide bonds. The number of amides is 1. The molecule has 0 radical (unpaired) electrons. The number of pyridine rings is 1. The number of nitrogens with zero attached hydrogens (tertiary/aromatic N) is 4. The summed E-state index contributed by atoms with van der Waals surface area (Å²) in [6, 6.07) is 16.6. The quantitative estimate of drug-likeness (QED) is 0.310. The second kappa shape index (κ2) is 10.8. The van der Waals surface area contributed by atoms with Crippen molar-refractivity contribution in [3.63, 3.8) is 0 Å². The van der Waals surface area contributed by atoms with Crippen LogP contribution in [-0.2, 0) is 13.1 Å². The number of hydrogen-bond donors (Lipinski definition) is 3. The molecule has 4 N–H and O–H groups in total. The number of rotatable bonds is 9. The third-order valence-corrected chi connectivity index (χ3v) is 5.33. The normalized spacial score (nSPS) is 10.7. The zero-order valence-corrected chi connectivity index (χ0v) is 19.6. The molecule has 2 aromatic heterocycles. The highest BCUT2D eigenvalue weighted by Crippen LogP contribution is 2.23. The first-order valence-electron chi connectivity index (χ1n) is 10.7. The molecule has 11 nitrogen and oxygen atoms in total. The van der Waals surface area contributed by atoms with E-state index in [-0.39, 0.29) is 37.1 Å². The number of ether oxygens (including phenoxy) is 1. The van der Waals surface area contributed by atoms with Crippen LogP contribution in [0.1, 0.15) is 15.9 Å². The Bertz CT molecular complexity index is 1480. The van der Waals surface area contributed by atoms with Gasteiger partial charge in [-0.25, -0.2) is 19.1 Å². The molecular weight excluding hydrogens is 488 g/mol. The van der Waals surface area contributed by atoms with Crippen molar-refractivity contribution in [1.82, 2.24) is 19.1 Å². The van der Waals surface area contributed by atoms with Crippen molar-refractivity contribution in [3.8, 4) is 11.6 Å². The molecule has 0 aliphatic carbocycles. The summed E-state index contributed by atoms with van der Waals surface area (Å²) in [6.07, 6.45) is 1.32. The van der Waals surface area contributed by atoms with Crippen molar-refractivity contribution in [1.29, 1.82) is 0 Å². The van der Waals surface area contributed by atoms with Crippen LogP contribution in [0.25, 0.3) is 0 Å². The largest absolute Gasteiger partial charge is 0.439 e. The number of carbonyl (C=O) groups excluding carboxylic acids is 1. The summed E-state index contributed by atoms with van der Waals surface area (Å²) in [6.45, 7) is -0.441. The zero-order chi connectivity index (χ0) is 25.7. The number of hydrogen-bond acceptors (Lipinski definition) is 8. The van der Waals surface area contributed by atoms with Crippen molar-refractivity contribution in [2.75, 3.05) is 11.9 Å². The fourth-order valence-corrected chi connectivity index (χ4v) is 3.40. The molecule has 0 unspecified atom stereocenters. The van der Waals surface area contributed by atoms with E-state index in [2.05, 4.69) is 15.3 Å². The molecule has 0 atom stereocenters. The summed E-state index contributed by atoms with van der Waals surface area (Å²) in [5.41, 5.74) is 5.37. The standard InChI is InChI=1S/C24H21ClN6O5/c25-17-4-1-15(2-5-17)14-31-22(29-23(34)30(11-12-32)24(31)35)28-18-6-8-19(9-7-18)36-20-10-3-16(13-27-20)21(26)33/h1-10,13,32H,11-12,14H2,(H2,26,33)(H,28,29,34). The molecule has 0 saturated heterocycles. The highest BCUT2D eigenvalue weighted by Gasteiger charge is 2.14. The van der Waals surface area contributed by atoms with Crippen molar-refractivity contribution in [2.24, 2.45) is 5.73 Å². The monoisotopic (exact) mass is 508 g/mol. The smallest absolute Gasteiger partial charge is 0.355 e. The number of aromatic nitrogens is 4. The molecule has 0 saturated carbocycles. The lowest BCUT2D eigenvalue weighted by molar-refractivity contribution is 0.1000. The van der Waals surface area contributed by atoms with E-state index < -0.39 is 17.3 Å². The van der Waals surface area contributed by atoms with Crippen LogP contribution in [-0.4, -0.2) is 36.7 Å². The maximum Gasteiger partial charge on any atom is 0.355 e. The van der Waals surface area contributed by atoms with Gasteiger partial charge in [-0.15, -0.1) is 0 Å². The van der Waals surface area contributed by atoms with E-state index in [0.29, 0.717) is 16.5 Å². The van der Waals surface area contributed by atoms with Crippen LogP contribution >= 0.6 is 11.6 Å². The molecule has 0 aliphatic heterocycles. The van der Waals surface area contributed by atoms with Crippen molar-refractivity contribution >= 4 is 29.1 Å². The Morgan fingerprint density at radius 2 is 1.75 bits per heavy atom. The summed E-state index contributed by atoms with van der Waals surface area (Å²) in [4.78, 5) is 44.7. The Labute approximate surface area is 209 Å². The van der Waals surface area contributed by atoms with Crippen molar-refractivity contribution < 1.29 is 14.6 Å². The maximum atomic E-state index is 13.0. The van der Waals surface area contributed by atoms with Gasteiger partial charge in [0.25, 0.3) is 0 Å². The summed E-state index contributed by atoms with van der Waals surface area (Å²) in [7, 11) is 0. The Balaban J connectivity index is 1.59. The minimum Gasteiger partial charge on any atom is -0.439 e. The average molecular weight is 509 g/mol. The molecule has 0 fully saturated rings. The highest BCUT2D eigenvalue weighted by molar-refractivity contribution is 6.30. The molecule has 12 heteroatoms. The Hall–Kier alpha value is -4.48. The number of carbonyl (C=O) groups is 1. The lowest BCUT2D eigenvalue weighted by Crippen LogP contribution is -2.43. The minimum atomic E-state index is -0.783. The number of aliphatic hydroxyl groups excluding tert-OH is 1. The number of halogens is 1. The van der Waals surface area contributed by atoms with Gasteiger partial charge in [-0.2, -0.15) is 4.98 Å². The first-order chi connectivity index (χ1) is 17.3. The minimum absolute atomic E-state index is 0.0338. The van der Waals surface area contributed by atoms with Gasteiger partial charge < -0.3 is 20.9 Å². The van der Waals surface area contributed by atoms with Crippen LogP contribution in [0.3, 0.4) is 0 Å². The molecule has 0 aliphatic rings. The van der Waals surface area contributed by atoms with Crippen molar-refractivity contribution in [2.45, 2.75) is 13.1 Å². The van der Waals surface area contributed by atoms with Crippen LogP contribution in [0.5, 0.6) is 11.6 Å². The molecule has 2 heterocycles. The maximum absolute atomic E-state index is 13.0. The molecule has 2 aromatic carbocycles. The van der Waals surface area contributed by atoms with E-state index in [1.807, 2.05) is 0 Å². The van der Waals surface area contributed by atoms with Gasteiger partial charge in [0, 0.05) is 23.0 Å².